The van der Waals surface area contributed by atoms with E-state index in [1.807, 2.05) is 0 Å². The Balaban J connectivity index is 1.71. The van der Waals surface area contributed by atoms with Gasteiger partial charge >= 0.3 is 0 Å². The standard InChI is InChI=1S/C15H23FN2O5/c1-21-9-12(19)17-6-8-23-15(10-17)11-18(5-2-7-22-15)13(20)14(16)3-4-14/h2-11H2,1H3. The third-order valence-electron chi connectivity index (χ3n) is 4.51. The lowest BCUT2D eigenvalue weighted by atomic mass is 10.1. The maximum atomic E-state index is 14.1. The van der Waals surface area contributed by atoms with Gasteiger partial charge in [-0.15, -0.1) is 0 Å². The molecule has 0 N–H and O–H groups in total. The van der Waals surface area contributed by atoms with Crippen molar-refractivity contribution >= 4 is 11.8 Å². The lowest BCUT2D eigenvalue weighted by Crippen LogP contribution is -2.60. The molecule has 0 aromatic heterocycles. The van der Waals surface area contributed by atoms with Gasteiger partial charge in [-0.25, -0.2) is 4.39 Å². The molecular formula is C15H23FN2O5. The van der Waals surface area contributed by atoms with Crippen LogP contribution < -0.4 is 0 Å². The van der Waals surface area contributed by atoms with E-state index in [9.17, 15) is 14.0 Å². The van der Waals surface area contributed by atoms with E-state index in [4.69, 9.17) is 14.2 Å². The molecule has 3 fully saturated rings. The van der Waals surface area contributed by atoms with E-state index in [1.54, 1.807) is 4.90 Å². The Labute approximate surface area is 134 Å². The molecule has 3 rings (SSSR count). The van der Waals surface area contributed by atoms with Crippen molar-refractivity contribution in [3.05, 3.63) is 0 Å². The predicted octanol–water partition coefficient (Wildman–Crippen LogP) is -0.0611. The van der Waals surface area contributed by atoms with Gasteiger partial charge in [-0.1, -0.05) is 0 Å². The second-order valence-corrected chi connectivity index (χ2v) is 6.40. The van der Waals surface area contributed by atoms with E-state index in [2.05, 4.69) is 0 Å². The number of amides is 2. The van der Waals surface area contributed by atoms with Crippen LogP contribution in [0.25, 0.3) is 0 Å². The highest BCUT2D eigenvalue weighted by molar-refractivity contribution is 5.88. The highest BCUT2D eigenvalue weighted by Crippen LogP contribution is 2.42. The van der Waals surface area contributed by atoms with Crippen molar-refractivity contribution in [2.24, 2.45) is 0 Å². The molecule has 0 radical (unpaired) electrons. The Morgan fingerprint density at radius 2 is 1.83 bits per heavy atom. The molecule has 0 bridgehead atoms. The van der Waals surface area contributed by atoms with Crippen LogP contribution in [-0.4, -0.2) is 86.2 Å². The molecule has 2 aliphatic heterocycles. The lowest BCUT2D eigenvalue weighted by molar-refractivity contribution is -0.264. The smallest absolute Gasteiger partial charge is 0.260 e. The Morgan fingerprint density at radius 1 is 1.13 bits per heavy atom. The summed E-state index contributed by atoms with van der Waals surface area (Å²) in [6.07, 6.45) is 1.20. The molecule has 130 valence electrons. The van der Waals surface area contributed by atoms with Gasteiger partial charge in [-0.05, 0) is 19.3 Å². The molecule has 1 spiro atoms. The number of methoxy groups -OCH3 is 1. The Morgan fingerprint density at radius 3 is 2.52 bits per heavy atom. The molecule has 2 saturated heterocycles. The van der Waals surface area contributed by atoms with Gasteiger partial charge in [0.2, 0.25) is 11.7 Å². The topological polar surface area (TPSA) is 68.3 Å². The van der Waals surface area contributed by atoms with Crippen molar-refractivity contribution in [2.75, 3.05) is 53.1 Å². The summed E-state index contributed by atoms with van der Waals surface area (Å²) < 4.78 is 30.6. The molecule has 1 atom stereocenters. The van der Waals surface area contributed by atoms with E-state index in [0.29, 0.717) is 32.7 Å². The normalized spacial score (nSPS) is 30.2. The fourth-order valence-corrected chi connectivity index (χ4v) is 3.08. The number of hydrogen-bond acceptors (Lipinski definition) is 5. The first-order chi connectivity index (χ1) is 11.0. The third kappa shape index (κ3) is 3.49. The molecule has 2 heterocycles. The maximum absolute atomic E-state index is 14.1. The zero-order valence-corrected chi connectivity index (χ0v) is 13.4. The van der Waals surface area contributed by atoms with Crippen LogP contribution in [0.15, 0.2) is 0 Å². The monoisotopic (exact) mass is 330 g/mol. The first kappa shape index (κ1) is 16.6. The average molecular weight is 330 g/mol. The van der Waals surface area contributed by atoms with E-state index in [1.165, 1.54) is 12.0 Å². The molecule has 1 aliphatic carbocycles. The quantitative estimate of drug-likeness (QED) is 0.725. The number of nitrogens with zero attached hydrogens (tertiary/aromatic N) is 2. The summed E-state index contributed by atoms with van der Waals surface area (Å²) in [5.41, 5.74) is -1.70. The molecule has 0 aromatic rings. The van der Waals surface area contributed by atoms with Gasteiger partial charge in [0.1, 0.15) is 6.61 Å². The largest absolute Gasteiger partial charge is 0.375 e. The van der Waals surface area contributed by atoms with E-state index in [-0.39, 0.29) is 38.4 Å². The highest BCUT2D eigenvalue weighted by Gasteiger charge is 2.54. The van der Waals surface area contributed by atoms with Crippen molar-refractivity contribution in [2.45, 2.75) is 30.7 Å². The Hall–Kier alpha value is -1.25. The fourth-order valence-electron chi connectivity index (χ4n) is 3.08. The van der Waals surface area contributed by atoms with Gasteiger partial charge in [0.05, 0.1) is 26.3 Å². The summed E-state index contributed by atoms with van der Waals surface area (Å²) in [5.74, 6) is -1.70. The molecule has 2 amide bonds. The lowest BCUT2D eigenvalue weighted by Gasteiger charge is -2.43. The van der Waals surface area contributed by atoms with Crippen LogP contribution in [0.5, 0.6) is 0 Å². The van der Waals surface area contributed by atoms with Crippen LogP contribution in [-0.2, 0) is 23.8 Å². The number of hydrogen-bond donors (Lipinski definition) is 0. The molecule has 8 heteroatoms. The average Bonchev–Trinajstić information content (AvgIpc) is 3.31. The second kappa shape index (κ2) is 6.33. The van der Waals surface area contributed by atoms with E-state index in [0.717, 1.165) is 0 Å². The van der Waals surface area contributed by atoms with Crippen LogP contribution in [0.3, 0.4) is 0 Å². The summed E-state index contributed by atoms with van der Waals surface area (Å²) in [6.45, 7) is 1.99. The highest BCUT2D eigenvalue weighted by atomic mass is 19.1. The number of carbonyl (C=O) groups is 2. The van der Waals surface area contributed by atoms with Crippen LogP contribution in [0, 0.1) is 0 Å². The zero-order chi connectivity index (χ0) is 16.5. The van der Waals surface area contributed by atoms with E-state index < -0.39 is 17.4 Å². The minimum Gasteiger partial charge on any atom is -0.375 e. The number of morpholine rings is 1. The molecule has 1 saturated carbocycles. The van der Waals surface area contributed by atoms with Crippen LogP contribution in [0.1, 0.15) is 19.3 Å². The minimum atomic E-state index is -1.70. The van der Waals surface area contributed by atoms with Gasteiger partial charge < -0.3 is 24.0 Å². The molecule has 0 aromatic carbocycles. The summed E-state index contributed by atoms with van der Waals surface area (Å²) in [4.78, 5) is 27.5. The summed E-state index contributed by atoms with van der Waals surface area (Å²) in [5, 5.41) is 0. The van der Waals surface area contributed by atoms with Crippen molar-refractivity contribution in [1.29, 1.82) is 0 Å². The number of halogens is 1. The van der Waals surface area contributed by atoms with Crippen LogP contribution >= 0.6 is 0 Å². The summed E-state index contributed by atoms with van der Waals surface area (Å²) in [6, 6.07) is 0. The molecule has 1 unspecified atom stereocenters. The molecular weight excluding hydrogens is 307 g/mol. The molecule has 3 aliphatic rings. The van der Waals surface area contributed by atoms with Gasteiger partial charge in [-0.2, -0.15) is 0 Å². The first-order valence-electron chi connectivity index (χ1n) is 8.01. The van der Waals surface area contributed by atoms with Crippen molar-refractivity contribution in [1.82, 2.24) is 9.80 Å². The van der Waals surface area contributed by atoms with Gasteiger partial charge in [0, 0.05) is 20.2 Å². The van der Waals surface area contributed by atoms with Gasteiger partial charge in [0.25, 0.3) is 5.91 Å². The summed E-state index contributed by atoms with van der Waals surface area (Å²) >= 11 is 0. The zero-order valence-electron chi connectivity index (χ0n) is 13.4. The first-order valence-corrected chi connectivity index (χ1v) is 8.01. The van der Waals surface area contributed by atoms with Crippen molar-refractivity contribution in [3.8, 4) is 0 Å². The van der Waals surface area contributed by atoms with E-state index >= 15 is 0 Å². The van der Waals surface area contributed by atoms with Crippen molar-refractivity contribution < 1.29 is 28.2 Å². The summed E-state index contributed by atoms with van der Waals surface area (Å²) in [7, 11) is 1.47. The second-order valence-electron chi connectivity index (χ2n) is 6.40. The van der Waals surface area contributed by atoms with Crippen molar-refractivity contribution in [3.63, 3.8) is 0 Å². The fraction of sp³-hybridized carbons (Fsp3) is 0.867. The number of rotatable bonds is 3. The Bertz CT molecular complexity index is 484. The molecule has 23 heavy (non-hydrogen) atoms. The van der Waals surface area contributed by atoms with Crippen LogP contribution in [0.2, 0.25) is 0 Å². The van der Waals surface area contributed by atoms with Gasteiger partial charge in [0.15, 0.2) is 5.67 Å². The number of ether oxygens (including phenoxy) is 3. The molecule has 7 nitrogen and oxygen atoms in total. The van der Waals surface area contributed by atoms with Gasteiger partial charge in [-0.3, -0.25) is 9.59 Å². The Kier molecular flexibility index (Phi) is 4.57. The van der Waals surface area contributed by atoms with Crippen LogP contribution in [0.4, 0.5) is 4.39 Å². The maximum Gasteiger partial charge on any atom is 0.260 e. The predicted molar refractivity (Wildman–Crippen MR) is 77.4 cm³/mol. The third-order valence-corrected chi connectivity index (χ3v) is 4.51. The minimum absolute atomic E-state index is 0.00762. The number of carbonyl (C=O) groups excluding carboxylic acids is 2. The number of alkyl halides is 1. The SMILES string of the molecule is COCC(=O)N1CCOC2(C1)CN(C(=O)C1(F)CC1)CCCO2.